The van der Waals surface area contributed by atoms with E-state index in [2.05, 4.69) is 29.5 Å². The average Bonchev–Trinajstić information content (AvgIpc) is 2.58. The standard InChI is InChI=1S/C18H23N3O2/c1-14(2)13-23-17-7-5-15(6-8-17)11-20-18(22)21-12-16-4-3-9-19-10-16/h3-10,14H,11-13H2,1-2H3,(H2,20,21,22). The van der Waals surface area contributed by atoms with Crippen LogP contribution in [0.5, 0.6) is 5.75 Å². The number of amides is 2. The lowest BCUT2D eigenvalue weighted by Gasteiger charge is -2.10. The smallest absolute Gasteiger partial charge is 0.315 e. The van der Waals surface area contributed by atoms with Gasteiger partial charge in [0.25, 0.3) is 0 Å². The molecular formula is C18H23N3O2. The Hall–Kier alpha value is -2.56. The molecule has 0 aliphatic carbocycles. The van der Waals surface area contributed by atoms with E-state index in [-0.39, 0.29) is 6.03 Å². The van der Waals surface area contributed by atoms with Crippen molar-refractivity contribution in [1.82, 2.24) is 15.6 Å². The third-order valence-electron chi connectivity index (χ3n) is 3.14. The molecule has 23 heavy (non-hydrogen) atoms. The van der Waals surface area contributed by atoms with Gasteiger partial charge in [0.05, 0.1) is 6.61 Å². The molecule has 0 saturated heterocycles. The zero-order valence-corrected chi connectivity index (χ0v) is 13.6. The summed E-state index contributed by atoms with van der Waals surface area (Å²) in [5, 5.41) is 5.63. The number of ether oxygens (including phenoxy) is 1. The molecule has 1 aromatic heterocycles. The summed E-state index contributed by atoms with van der Waals surface area (Å²) in [4.78, 5) is 15.8. The van der Waals surface area contributed by atoms with Gasteiger partial charge in [-0.1, -0.05) is 32.0 Å². The normalized spacial score (nSPS) is 10.4. The first-order valence-electron chi connectivity index (χ1n) is 7.76. The minimum Gasteiger partial charge on any atom is -0.493 e. The summed E-state index contributed by atoms with van der Waals surface area (Å²) in [6, 6.07) is 11.3. The van der Waals surface area contributed by atoms with Crippen LogP contribution in [0.4, 0.5) is 4.79 Å². The number of hydrogen-bond acceptors (Lipinski definition) is 3. The fourth-order valence-corrected chi connectivity index (χ4v) is 1.90. The molecule has 0 fully saturated rings. The number of hydrogen-bond donors (Lipinski definition) is 2. The lowest BCUT2D eigenvalue weighted by atomic mass is 10.2. The highest BCUT2D eigenvalue weighted by Crippen LogP contribution is 2.13. The number of benzene rings is 1. The molecule has 0 bridgehead atoms. The largest absolute Gasteiger partial charge is 0.493 e. The monoisotopic (exact) mass is 313 g/mol. The maximum atomic E-state index is 11.8. The van der Waals surface area contributed by atoms with Crippen molar-refractivity contribution in [3.8, 4) is 5.75 Å². The van der Waals surface area contributed by atoms with Crippen LogP contribution in [0, 0.1) is 5.92 Å². The highest BCUT2D eigenvalue weighted by atomic mass is 16.5. The summed E-state index contributed by atoms with van der Waals surface area (Å²) in [6.45, 7) is 5.87. The van der Waals surface area contributed by atoms with Crippen molar-refractivity contribution >= 4 is 6.03 Å². The Morgan fingerprint density at radius 3 is 2.39 bits per heavy atom. The number of nitrogens with zero attached hydrogens (tertiary/aromatic N) is 1. The summed E-state index contributed by atoms with van der Waals surface area (Å²) in [7, 11) is 0. The lowest BCUT2D eigenvalue weighted by Crippen LogP contribution is -2.34. The summed E-state index contributed by atoms with van der Waals surface area (Å²) in [5.41, 5.74) is 1.99. The van der Waals surface area contributed by atoms with E-state index in [1.54, 1.807) is 12.4 Å². The van der Waals surface area contributed by atoms with Crippen LogP contribution in [0.25, 0.3) is 0 Å². The number of nitrogens with one attached hydrogen (secondary N) is 2. The van der Waals surface area contributed by atoms with Crippen LogP contribution in [0.15, 0.2) is 48.8 Å². The maximum Gasteiger partial charge on any atom is 0.315 e. The molecule has 2 rings (SSSR count). The first-order chi connectivity index (χ1) is 11.1. The minimum atomic E-state index is -0.200. The summed E-state index contributed by atoms with van der Waals surface area (Å²) < 4.78 is 5.63. The zero-order valence-electron chi connectivity index (χ0n) is 13.6. The summed E-state index contributed by atoms with van der Waals surface area (Å²) in [5.74, 6) is 1.35. The molecule has 0 saturated carbocycles. The van der Waals surface area contributed by atoms with Gasteiger partial charge in [-0.15, -0.1) is 0 Å². The van der Waals surface area contributed by atoms with Gasteiger partial charge in [-0.2, -0.15) is 0 Å². The first kappa shape index (κ1) is 16.8. The van der Waals surface area contributed by atoms with Gasteiger partial charge in [0.2, 0.25) is 0 Å². The van der Waals surface area contributed by atoms with Crippen LogP contribution in [0.1, 0.15) is 25.0 Å². The molecule has 0 radical (unpaired) electrons. The predicted octanol–water partition coefficient (Wildman–Crippen LogP) is 3.12. The second-order valence-corrected chi connectivity index (χ2v) is 5.75. The zero-order chi connectivity index (χ0) is 16.5. The van der Waals surface area contributed by atoms with Gasteiger partial charge < -0.3 is 15.4 Å². The number of urea groups is 1. The molecular weight excluding hydrogens is 290 g/mol. The van der Waals surface area contributed by atoms with Crippen LogP contribution in [0.2, 0.25) is 0 Å². The Morgan fingerprint density at radius 2 is 1.78 bits per heavy atom. The Morgan fingerprint density at radius 1 is 1.09 bits per heavy atom. The van der Waals surface area contributed by atoms with E-state index >= 15 is 0 Å². The fraction of sp³-hybridized carbons (Fsp3) is 0.333. The molecule has 0 spiro atoms. The molecule has 1 heterocycles. The van der Waals surface area contributed by atoms with Crippen molar-refractivity contribution in [2.24, 2.45) is 5.92 Å². The van der Waals surface area contributed by atoms with E-state index in [1.165, 1.54) is 0 Å². The first-order valence-corrected chi connectivity index (χ1v) is 7.76. The van der Waals surface area contributed by atoms with Crippen molar-refractivity contribution in [3.05, 3.63) is 59.9 Å². The van der Waals surface area contributed by atoms with Crippen molar-refractivity contribution in [2.45, 2.75) is 26.9 Å². The molecule has 5 nitrogen and oxygen atoms in total. The van der Waals surface area contributed by atoms with E-state index in [0.717, 1.165) is 16.9 Å². The predicted molar refractivity (Wildman–Crippen MR) is 90.1 cm³/mol. The lowest BCUT2D eigenvalue weighted by molar-refractivity contribution is 0.240. The van der Waals surface area contributed by atoms with E-state index in [0.29, 0.717) is 25.6 Å². The summed E-state index contributed by atoms with van der Waals surface area (Å²) in [6.07, 6.45) is 3.44. The Kier molecular flexibility index (Phi) is 6.41. The van der Waals surface area contributed by atoms with Crippen LogP contribution < -0.4 is 15.4 Å². The molecule has 122 valence electrons. The quantitative estimate of drug-likeness (QED) is 0.825. The molecule has 0 atom stereocenters. The topological polar surface area (TPSA) is 63.2 Å². The van der Waals surface area contributed by atoms with Gasteiger partial charge >= 0.3 is 6.03 Å². The van der Waals surface area contributed by atoms with Gasteiger partial charge in [0.1, 0.15) is 5.75 Å². The Balaban J connectivity index is 1.71. The van der Waals surface area contributed by atoms with E-state index in [9.17, 15) is 4.79 Å². The van der Waals surface area contributed by atoms with Gasteiger partial charge in [-0.25, -0.2) is 4.79 Å². The molecule has 5 heteroatoms. The van der Waals surface area contributed by atoms with E-state index in [4.69, 9.17) is 4.74 Å². The molecule has 0 aliphatic rings. The number of carbonyl (C=O) groups is 1. The summed E-state index contributed by atoms with van der Waals surface area (Å²) >= 11 is 0. The van der Waals surface area contributed by atoms with Gasteiger partial charge in [-0.05, 0) is 35.2 Å². The highest BCUT2D eigenvalue weighted by molar-refractivity contribution is 5.73. The molecule has 2 N–H and O–H groups in total. The van der Waals surface area contributed by atoms with E-state index < -0.39 is 0 Å². The third kappa shape index (κ3) is 6.38. The van der Waals surface area contributed by atoms with Crippen LogP contribution >= 0.6 is 0 Å². The van der Waals surface area contributed by atoms with Crippen molar-refractivity contribution < 1.29 is 9.53 Å². The van der Waals surface area contributed by atoms with Gasteiger partial charge in [-0.3, -0.25) is 4.98 Å². The molecule has 0 unspecified atom stereocenters. The average molecular weight is 313 g/mol. The number of aromatic nitrogens is 1. The van der Waals surface area contributed by atoms with Crippen LogP contribution in [-0.2, 0) is 13.1 Å². The number of pyridine rings is 1. The minimum absolute atomic E-state index is 0.200. The second kappa shape index (κ2) is 8.78. The fourth-order valence-electron chi connectivity index (χ4n) is 1.90. The molecule has 2 amide bonds. The van der Waals surface area contributed by atoms with Crippen molar-refractivity contribution in [2.75, 3.05) is 6.61 Å². The molecule has 1 aromatic carbocycles. The third-order valence-corrected chi connectivity index (χ3v) is 3.14. The Labute approximate surface area is 137 Å². The molecule has 0 aliphatic heterocycles. The molecule has 2 aromatic rings. The SMILES string of the molecule is CC(C)COc1ccc(CNC(=O)NCc2cccnc2)cc1. The number of rotatable bonds is 7. The maximum absolute atomic E-state index is 11.8. The number of carbonyl (C=O) groups excluding carboxylic acids is 1. The highest BCUT2D eigenvalue weighted by Gasteiger charge is 2.02. The Bertz CT molecular complexity index is 597. The van der Waals surface area contributed by atoms with Crippen LogP contribution in [-0.4, -0.2) is 17.6 Å². The van der Waals surface area contributed by atoms with Crippen LogP contribution in [0.3, 0.4) is 0 Å². The van der Waals surface area contributed by atoms with Crippen molar-refractivity contribution in [3.63, 3.8) is 0 Å². The van der Waals surface area contributed by atoms with Crippen molar-refractivity contribution in [1.29, 1.82) is 0 Å². The van der Waals surface area contributed by atoms with Gasteiger partial charge in [0.15, 0.2) is 0 Å². The second-order valence-electron chi connectivity index (χ2n) is 5.75. The van der Waals surface area contributed by atoms with E-state index in [1.807, 2.05) is 36.4 Å². The van der Waals surface area contributed by atoms with Gasteiger partial charge in [0, 0.05) is 25.5 Å².